The summed E-state index contributed by atoms with van der Waals surface area (Å²) in [7, 11) is 0. The molecule has 2 saturated carbocycles. The van der Waals surface area contributed by atoms with Crippen LogP contribution in [0.2, 0.25) is 0 Å². The second kappa shape index (κ2) is 4.84. The average molecular weight is 286 g/mol. The van der Waals surface area contributed by atoms with Crippen LogP contribution >= 0.6 is 0 Å². The molecule has 0 aromatic heterocycles. The van der Waals surface area contributed by atoms with Crippen LogP contribution < -0.4 is 10.6 Å². The Hall–Kier alpha value is -1.35. The SMILES string of the molecule is CC1(C)C(C(=O)Nc2cccc(CNC3CC3)c2)C1(C)C. The van der Waals surface area contributed by atoms with Crippen molar-refractivity contribution in [3.8, 4) is 0 Å². The van der Waals surface area contributed by atoms with Crippen molar-refractivity contribution in [1.29, 1.82) is 0 Å². The summed E-state index contributed by atoms with van der Waals surface area (Å²) in [6.07, 6.45) is 2.59. The van der Waals surface area contributed by atoms with E-state index in [9.17, 15) is 4.79 Å². The molecule has 3 heteroatoms. The summed E-state index contributed by atoms with van der Waals surface area (Å²) in [5, 5.41) is 6.59. The number of nitrogens with one attached hydrogen (secondary N) is 2. The van der Waals surface area contributed by atoms with Gasteiger partial charge in [0.25, 0.3) is 0 Å². The molecule has 0 radical (unpaired) electrons. The first kappa shape index (κ1) is 14.6. The van der Waals surface area contributed by atoms with E-state index in [0.29, 0.717) is 6.04 Å². The highest BCUT2D eigenvalue weighted by molar-refractivity contribution is 5.96. The van der Waals surface area contributed by atoms with E-state index in [1.54, 1.807) is 0 Å². The molecule has 0 saturated heterocycles. The summed E-state index contributed by atoms with van der Waals surface area (Å²) in [5.74, 6) is 0.246. The van der Waals surface area contributed by atoms with Crippen molar-refractivity contribution in [2.45, 2.75) is 53.1 Å². The van der Waals surface area contributed by atoms with Gasteiger partial charge in [0.2, 0.25) is 5.91 Å². The van der Waals surface area contributed by atoms with Crippen LogP contribution in [0.15, 0.2) is 24.3 Å². The van der Waals surface area contributed by atoms with Gasteiger partial charge in [0.05, 0.1) is 0 Å². The van der Waals surface area contributed by atoms with Crippen LogP contribution in [0.4, 0.5) is 5.69 Å². The Kier molecular flexibility index (Phi) is 3.36. The van der Waals surface area contributed by atoms with Gasteiger partial charge in [-0.2, -0.15) is 0 Å². The van der Waals surface area contributed by atoms with Crippen molar-refractivity contribution in [2.24, 2.45) is 16.7 Å². The predicted octanol–water partition coefficient (Wildman–Crippen LogP) is 3.56. The first-order chi connectivity index (χ1) is 9.82. The van der Waals surface area contributed by atoms with E-state index in [1.807, 2.05) is 12.1 Å². The molecule has 0 heterocycles. The molecule has 1 aromatic carbocycles. The summed E-state index contributed by atoms with van der Waals surface area (Å²) in [4.78, 5) is 12.5. The lowest BCUT2D eigenvalue weighted by atomic mass is 10.0. The van der Waals surface area contributed by atoms with Crippen molar-refractivity contribution >= 4 is 11.6 Å². The minimum Gasteiger partial charge on any atom is -0.326 e. The number of benzene rings is 1. The Balaban J connectivity index is 1.62. The Bertz CT molecular complexity index is 544. The molecule has 0 aliphatic heterocycles. The summed E-state index contributed by atoms with van der Waals surface area (Å²) >= 11 is 0. The average Bonchev–Trinajstić information content (AvgIpc) is 3.26. The number of carbonyl (C=O) groups excluding carboxylic acids is 1. The van der Waals surface area contributed by atoms with Gasteiger partial charge in [-0.3, -0.25) is 4.79 Å². The fourth-order valence-corrected chi connectivity index (χ4v) is 3.37. The zero-order chi connectivity index (χ0) is 15.3. The normalized spacial score (nSPS) is 22.9. The molecule has 0 bridgehead atoms. The van der Waals surface area contributed by atoms with Crippen LogP contribution in [0, 0.1) is 16.7 Å². The molecule has 0 atom stereocenters. The highest BCUT2D eigenvalue weighted by Gasteiger charge is 2.68. The summed E-state index contributed by atoms with van der Waals surface area (Å²) in [6.45, 7) is 9.58. The largest absolute Gasteiger partial charge is 0.326 e. The zero-order valence-electron chi connectivity index (χ0n) is 13.5. The van der Waals surface area contributed by atoms with E-state index in [4.69, 9.17) is 0 Å². The number of anilines is 1. The molecule has 0 spiro atoms. The topological polar surface area (TPSA) is 41.1 Å². The van der Waals surface area contributed by atoms with E-state index in [0.717, 1.165) is 12.2 Å². The third-order valence-corrected chi connectivity index (χ3v) is 5.65. The zero-order valence-corrected chi connectivity index (χ0v) is 13.5. The van der Waals surface area contributed by atoms with E-state index in [2.05, 4.69) is 50.5 Å². The van der Waals surface area contributed by atoms with E-state index >= 15 is 0 Å². The molecule has 2 N–H and O–H groups in total. The van der Waals surface area contributed by atoms with Gasteiger partial charge in [-0.15, -0.1) is 0 Å². The van der Waals surface area contributed by atoms with Gasteiger partial charge in [0, 0.05) is 24.2 Å². The van der Waals surface area contributed by atoms with Crippen LogP contribution in [-0.2, 0) is 11.3 Å². The Labute approximate surface area is 127 Å². The molecule has 2 fully saturated rings. The van der Waals surface area contributed by atoms with E-state index < -0.39 is 0 Å². The maximum Gasteiger partial charge on any atom is 0.228 e. The van der Waals surface area contributed by atoms with Crippen LogP contribution in [0.1, 0.15) is 46.1 Å². The van der Waals surface area contributed by atoms with Crippen LogP contribution in [0.3, 0.4) is 0 Å². The highest BCUT2D eigenvalue weighted by Crippen LogP contribution is 2.68. The molecule has 2 aliphatic carbocycles. The van der Waals surface area contributed by atoms with Gasteiger partial charge >= 0.3 is 0 Å². The summed E-state index contributed by atoms with van der Waals surface area (Å²) in [5.41, 5.74) is 2.31. The highest BCUT2D eigenvalue weighted by atomic mass is 16.2. The van der Waals surface area contributed by atoms with Crippen LogP contribution in [-0.4, -0.2) is 11.9 Å². The molecule has 0 unspecified atom stereocenters. The van der Waals surface area contributed by atoms with Crippen LogP contribution in [0.5, 0.6) is 0 Å². The second-order valence-corrected chi connectivity index (χ2v) is 7.72. The number of hydrogen-bond donors (Lipinski definition) is 2. The smallest absolute Gasteiger partial charge is 0.228 e. The lowest BCUT2D eigenvalue weighted by Crippen LogP contribution is -2.18. The van der Waals surface area contributed by atoms with Gasteiger partial charge in [-0.25, -0.2) is 0 Å². The van der Waals surface area contributed by atoms with E-state index in [-0.39, 0.29) is 22.7 Å². The summed E-state index contributed by atoms with van der Waals surface area (Å²) in [6, 6.07) is 8.88. The molecular formula is C18H26N2O. The Morgan fingerprint density at radius 3 is 2.43 bits per heavy atom. The monoisotopic (exact) mass is 286 g/mol. The molecule has 1 amide bonds. The van der Waals surface area contributed by atoms with Gasteiger partial charge in [0.15, 0.2) is 0 Å². The first-order valence-electron chi connectivity index (χ1n) is 7.95. The first-order valence-corrected chi connectivity index (χ1v) is 7.95. The molecule has 2 aliphatic rings. The maximum atomic E-state index is 12.5. The van der Waals surface area contributed by atoms with E-state index in [1.165, 1.54) is 18.4 Å². The lowest BCUT2D eigenvalue weighted by molar-refractivity contribution is -0.118. The van der Waals surface area contributed by atoms with Crippen molar-refractivity contribution in [3.63, 3.8) is 0 Å². The van der Waals surface area contributed by atoms with Gasteiger partial charge < -0.3 is 10.6 Å². The maximum absolute atomic E-state index is 12.5. The Morgan fingerprint density at radius 1 is 1.19 bits per heavy atom. The number of amides is 1. The van der Waals surface area contributed by atoms with Gasteiger partial charge in [-0.1, -0.05) is 39.8 Å². The molecule has 3 rings (SSSR count). The second-order valence-electron chi connectivity index (χ2n) is 7.72. The fourth-order valence-electron chi connectivity index (χ4n) is 3.37. The third-order valence-electron chi connectivity index (χ3n) is 5.65. The molecule has 114 valence electrons. The quantitative estimate of drug-likeness (QED) is 0.869. The molecular weight excluding hydrogens is 260 g/mol. The minimum absolute atomic E-state index is 0.0855. The van der Waals surface area contributed by atoms with Crippen LogP contribution in [0.25, 0.3) is 0 Å². The predicted molar refractivity (Wildman–Crippen MR) is 86.0 cm³/mol. The minimum atomic E-state index is 0.0855. The van der Waals surface area contributed by atoms with Crippen molar-refractivity contribution in [3.05, 3.63) is 29.8 Å². The third kappa shape index (κ3) is 2.71. The van der Waals surface area contributed by atoms with Gasteiger partial charge in [0.1, 0.15) is 0 Å². The van der Waals surface area contributed by atoms with Crippen molar-refractivity contribution in [2.75, 3.05) is 5.32 Å². The fraction of sp³-hybridized carbons (Fsp3) is 0.611. The lowest BCUT2D eigenvalue weighted by Gasteiger charge is -2.09. The number of rotatable bonds is 5. The van der Waals surface area contributed by atoms with Gasteiger partial charge in [-0.05, 0) is 41.4 Å². The number of hydrogen-bond acceptors (Lipinski definition) is 2. The standard InChI is InChI=1S/C18H26N2O/c1-17(2)15(18(17,3)4)16(21)20-14-7-5-6-12(10-14)11-19-13-8-9-13/h5-7,10,13,15,19H,8-9,11H2,1-4H3,(H,20,21). The molecule has 21 heavy (non-hydrogen) atoms. The van der Waals surface area contributed by atoms with Crippen molar-refractivity contribution in [1.82, 2.24) is 5.32 Å². The summed E-state index contributed by atoms with van der Waals surface area (Å²) < 4.78 is 0. The van der Waals surface area contributed by atoms with Crippen molar-refractivity contribution < 1.29 is 4.79 Å². The molecule has 3 nitrogen and oxygen atoms in total. The molecule has 1 aromatic rings. The number of carbonyl (C=O) groups is 1. The Morgan fingerprint density at radius 2 is 1.86 bits per heavy atom.